The molecular weight excluding hydrogens is 370 g/mol. The first-order valence-corrected chi connectivity index (χ1v) is 7.59. The van der Waals surface area contributed by atoms with Crippen LogP contribution in [-0.4, -0.2) is 0 Å². The molecule has 0 bridgehead atoms. The van der Waals surface area contributed by atoms with Gasteiger partial charge in [0.15, 0.2) is 0 Å². The van der Waals surface area contributed by atoms with E-state index in [4.69, 9.17) is 39.5 Å². The molecule has 19 heavy (non-hydrogen) atoms. The summed E-state index contributed by atoms with van der Waals surface area (Å²) in [5.74, 6) is 1.24. The minimum absolute atomic E-state index is 0.426. The molecule has 2 aromatic carbocycles. The van der Waals surface area contributed by atoms with Crippen molar-refractivity contribution in [3.05, 3.63) is 62.0 Å². The lowest BCUT2D eigenvalue weighted by Gasteiger charge is -2.09. The smallest absolute Gasteiger partial charge is 0.134 e. The fourth-order valence-electron chi connectivity index (χ4n) is 1.54. The van der Waals surface area contributed by atoms with Crippen LogP contribution in [0.15, 0.2) is 40.9 Å². The van der Waals surface area contributed by atoms with E-state index in [2.05, 4.69) is 15.9 Å². The second kappa shape index (κ2) is 6.85. The Labute approximate surface area is 135 Å². The van der Waals surface area contributed by atoms with E-state index in [9.17, 15) is 0 Å². The van der Waals surface area contributed by atoms with Crippen LogP contribution in [0, 0.1) is 0 Å². The fraction of sp³-hybridized carbons (Fsp3) is 0.143. The highest BCUT2D eigenvalue weighted by molar-refractivity contribution is 9.10. The van der Waals surface area contributed by atoms with Gasteiger partial charge in [0.2, 0.25) is 0 Å². The van der Waals surface area contributed by atoms with Crippen molar-refractivity contribution in [2.75, 3.05) is 0 Å². The van der Waals surface area contributed by atoms with Gasteiger partial charge < -0.3 is 4.74 Å². The fourth-order valence-corrected chi connectivity index (χ4v) is 2.56. The Kier molecular flexibility index (Phi) is 5.40. The topological polar surface area (TPSA) is 9.23 Å². The highest BCUT2D eigenvalue weighted by Crippen LogP contribution is 2.28. The van der Waals surface area contributed by atoms with E-state index in [-0.39, 0.29) is 0 Å². The van der Waals surface area contributed by atoms with Crippen LogP contribution in [0.25, 0.3) is 0 Å². The average molecular weight is 380 g/mol. The zero-order valence-electron chi connectivity index (χ0n) is 9.80. The van der Waals surface area contributed by atoms with Gasteiger partial charge in [-0.3, -0.25) is 0 Å². The summed E-state index contributed by atoms with van der Waals surface area (Å²) in [6.45, 7) is 0.426. The molecule has 1 nitrogen and oxygen atoms in total. The van der Waals surface area contributed by atoms with Crippen LogP contribution >= 0.6 is 50.7 Å². The van der Waals surface area contributed by atoms with Gasteiger partial charge in [-0.05, 0) is 51.3 Å². The molecule has 2 rings (SSSR count). The van der Waals surface area contributed by atoms with Gasteiger partial charge in [0.25, 0.3) is 0 Å². The van der Waals surface area contributed by atoms with Gasteiger partial charge >= 0.3 is 0 Å². The third kappa shape index (κ3) is 4.03. The molecule has 0 N–H and O–H groups in total. The summed E-state index contributed by atoms with van der Waals surface area (Å²) < 4.78 is 6.61. The molecule has 0 radical (unpaired) electrons. The van der Waals surface area contributed by atoms with Crippen LogP contribution in [0.4, 0.5) is 0 Å². The predicted molar refractivity (Wildman–Crippen MR) is 84.5 cm³/mol. The molecular formula is C14H10BrCl3O. The maximum Gasteiger partial charge on any atom is 0.134 e. The summed E-state index contributed by atoms with van der Waals surface area (Å²) in [7, 11) is 0. The first-order valence-electron chi connectivity index (χ1n) is 5.51. The number of hydrogen-bond donors (Lipinski definition) is 0. The summed E-state index contributed by atoms with van der Waals surface area (Å²) in [5, 5.41) is 1.07. The molecule has 0 fully saturated rings. The van der Waals surface area contributed by atoms with Crippen LogP contribution in [-0.2, 0) is 12.5 Å². The number of halogens is 4. The van der Waals surface area contributed by atoms with Crippen molar-refractivity contribution in [3.8, 4) is 5.75 Å². The SMILES string of the molecule is ClCc1ccc(OCc2ccc(Cl)c(Cl)c2)c(Br)c1. The molecule has 2 aromatic rings. The summed E-state index contributed by atoms with van der Waals surface area (Å²) >= 11 is 21.0. The van der Waals surface area contributed by atoms with Crippen molar-refractivity contribution >= 4 is 50.7 Å². The zero-order valence-corrected chi connectivity index (χ0v) is 13.7. The molecule has 0 aromatic heterocycles. The maximum absolute atomic E-state index is 5.96. The highest BCUT2D eigenvalue weighted by Gasteiger charge is 2.04. The van der Waals surface area contributed by atoms with Gasteiger partial charge in [-0.1, -0.05) is 35.3 Å². The van der Waals surface area contributed by atoms with Crippen molar-refractivity contribution in [3.63, 3.8) is 0 Å². The van der Waals surface area contributed by atoms with E-state index in [1.54, 1.807) is 12.1 Å². The lowest BCUT2D eigenvalue weighted by atomic mass is 10.2. The van der Waals surface area contributed by atoms with Crippen LogP contribution < -0.4 is 4.74 Å². The van der Waals surface area contributed by atoms with E-state index in [1.165, 1.54) is 0 Å². The minimum atomic E-state index is 0.426. The molecule has 0 unspecified atom stereocenters. The highest BCUT2D eigenvalue weighted by atomic mass is 79.9. The van der Waals surface area contributed by atoms with Gasteiger partial charge in [-0.25, -0.2) is 0 Å². The van der Waals surface area contributed by atoms with Crippen LogP contribution in [0.1, 0.15) is 11.1 Å². The van der Waals surface area contributed by atoms with Gasteiger partial charge in [0.1, 0.15) is 12.4 Å². The summed E-state index contributed by atoms with van der Waals surface area (Å²) in [6, 6.07) is 11.2. The summed E-state index contributed by atoms with van der Waals surface area (Å²) in [5.41, 5.74) is 2.00. The molecule has 0 heterocycles. The number of benzene rings is 2. The van der Waals surface area contributed by atoms with E-state index in [0.29, 0.717) is 22.5 Å². The van der Waals surface area contributed by atoms with Crippen LogP contribution in [0.5, 0.6) is 5.75 Å². The number of hydrogen-bond acceptors (Lipinski definition) is 1. The van der Waals surface area contributed by atoms with Crippen molar-refractivity contribution in [1.29, 1.82) is 0 Å². The molecule has 0 aliphatic rings. The molecule has 5 heteroatoms. The maximum atomic E-state index is 5.96. The Morgan fingerprint density at radius 2 is 1.68 bits per heavy atom. The Morgan fingerprint density at radius 1 is 0.947 bits per heavy atom. The normalized spacial score (nSPS) is 10.5. The van der Waals surface area contributed by atoms with Crippen molar-refractivity contribution < 1.29 is 4.74 Å². The van der Waals surface area contributed by atoms with Gasteiger partial charge in [-0.2, -0.15) is 0 Å². The molecule has 0 atom stereocenters. The van der Waals surface area contributed by atoms with Crippen molar-refractivity contribution in [2.45, 2.75) is 12.5 Å². The summed E-state index contributed by atoms with van der Waals surface area (Å²) in [4.78, 5) is 0. The molecule has 0 saturated heterocycles. The van der Waals surface area contributed by atoms with E-state index in [1.807, 2.05) is 24.3 Å². The number of rotatable bonds is 4. The van der Waals surface area contributed by atoms with E-state index in [0.717, 1.165) is 21.3 Å². The molecule has 0 spiro atoms. The molecule has 0 aliphatic carbocycles. The van der Waals surface area contributed by atoms with Crippen LogP contribution in [0.3, 0.4) is 0 Å². The van der Waals surface area contributed by atoms with Crippen molar-refractivity contribution in [2.24, 2.45) is 0 Å². The lowest BCUT2D eigenvalue weighted by molar-refractivity contribution is 0.304. The Hall–Kier alpha value is -0.410. The lowest BCUT2D eigenvalue weighted by Crippen LogP contribution is -1.96. The largest absolute Gasteiger partial charge is 0.488 e. The van der Waals surface area contributed by atoms with E-state index >= 15 is 0 Å². The first kappa shape index (κ1) is 15.0. The standard InChI is InChI=1S/C14H10BrCl3O/c15-11-5-9(7-16)2-4-14(11)19-8-10-1-3-12(17)13(18)6-10/h1-6H,7-8H2. The second-order valence-electron chi connectivity index (χ2n) is 3.94. The average Bonchev–Trinajstić information content (AvgIpc) is 2.41. The molecule has 0 saturated carbocycles. The minimum Gasteiger partial charge on any atom is -0.488 e. The molecule has 100 valence electrons. The van der Waals surface area contributed by atoms with Crippen LogP contribution in [0.2, 0.25) is 10.0 Å². The molecule has 0 aliphatic heterocycles. The third-order valence-electron chi connectivity index (χ3n) is 2.53. The quantitative estimate of drug-likeness (QED) is 0.585. The van der Waals surface area contributed by atoms with E-state index < -0.39 is 0 Å². The Bertz CT molecular complexity index is 587. The molecule has 0 amide bonds. The van der Waals surface area contributed by atoms with Gasteiger partial charge in [0, 0.05) is 5.88 Å². The Balaban J connectivity index is 2.07. The number of alkyl halides is 1. The monoisotopic (exact) mass is 378 g/mol. The third-order valence-corrected chi connectivity index (χ3v) is 4.20. The number of ether oxygens (including phenoxy) is 1. The predicted octanol–water partition coefficient (Wildman–Crippen LogP) is 6.07. The van der Waals surface area contributed by atoms with Crippen molar-refractivity contribution in [1.82, 2.24) is 0 Å². The Morgan fingerprint density at radius 3 is 2.32 bits per heavy atom. The summed E-state index contributed by atoms with van der Waals surface area (Å²) in [6.07, 6.45) is 0. The van der Waals surface area contributed by atoms with Gasteiger partial charge in [0.05, 0.1) is 14.5 Å². The zero-order chi connectivity index (χ0) is 13.8. The van der Waals surface area contributed by atoms with Gasteiger partial charge in [-0.15, -0.1) is 11.6 Å². The second-order valence-corrected chi connectivity index (χ2v) is 5.87. The first-order chi connectivity index (χ1) is 9.10.